The van der Waals surface area contributed by atoms with Gasteiger partial charge in [0.25, 0.3) is 0 Å². The summed E-state index contributed by atoms with van der Waals surface area (Å²) in [5.41, 5.74) is 3.00. The van der Waals surface area contributed by atoms with Crippen LogP contribution in [0.15, 0.2) is 6.07 Å². The Morgan fingerprint density at radius 3 is 2.58 bits per heavy atom. The molecule has 1 aromatic heterocycles. The van der Waals surface area contributed by atoms with E-state index in [2.05, 4.69) is 25.3 Å². The number of ether oxygens (including phenoxy) is 1. The molecule has 0 aliphatic heterocycles. The molecule has 3 heteroatoms. The second-order valence-electron chi connectivity index (χ2n) is 5.36. The molecule has 1 heterocycles. The van der Waals surface area contributed by atoms with E-state index in [-0.39, 0.29) is 12.4 Å². The van der Waals surface area contributed by atoms with Crippen LogP contribution in [0.25, 0.3) is 0 Å². The lowest BCUT2D eigenvalue weighted by molar-refractivity contribution is 0.0682. The van der Waals surface area contributed by atoms with Gasteiger partial charge < -0.3 is 9.30 Å². The summed E-state index contributed by atoms with van der Waals surface area (Å²) in [6.07, 6.45) is 2.31. The zero-order valence-electron chi connectivity index (χ0n) is 13.0. The van der Waals surface area contributed by atoms with Crippen LogP contribution in [0.4, 0.5) is 0 Å². The summed E-state index contributed by atoms with van der Waals surface area (Å²) in [5.74, 6) is 0.623. The fourth-order valence-electron chi connectivity index (χ4n) is 2.58. The second-order valence-corrected chi connectivity index (χ2v) is 5.36. The normalized spacial score (nSPS) is 12.7. The van der Waals surface area contributed by atoms with Gasteiger partial charge in [-0.1, -0.05) is 20.3 Å². The maximum atomic E-state index is 12.1. The van der Waals surface area contributed by atoms with Gasteiger partial charge in [0.2, 0.25) is 0 Å². The van der Waals surface area contributed by atoms with Crippen molar-refractivity contribution < 1.29 is 9.53 Å². The molecule has 1 aromatic rings. The van der Waals surface area contributed by atoms with Gasteiger partial charge in [-0.15, -0.1) is 0 Å². The minimum atomic E-state index is 0.0940. The Kier molecular flexibility index (Phi) is 6.29. The number of aryl methyl sites for hydroxylation is 1. The van der Waals surface area contributed by atoms with Crippen LogP contribution in [-0.4, -0.2) is 23.6 Å². The van der Waals surface area contributed by atoms with E-state index in [0.717, 1.165) is 36.3 Å². The molecule has 0 saturated carbocycles. The zero-order valence-corrected chi connectivity index (χ0v) is 13.0. The number of aromatic nitrogens is 1. The van der Waals surface area contributed by atoms with Crippen molar-refractivity contribution in [3.05, 3.63) is 23.0 Å². The van der Waals surface area contributed by atoms with Gasteiger partial charge in [0, 0.05) is 30.1 Å². The second kappa shape index (κ2) is 7.49. The van der Waals surface area contributed by atoms with E-state index in [1.807, 2.05) is 19.9 Å². The third-order valence-corrected chi connectivity index (χ3v) is 3.61. The van der Waals surface area contributed by atoms with Crippen LogP contribution < -0.4 is 0 Å². The Hall–Kier alpha value is -1.09. The summed E-state index contributed by atoms with van der Waals surface area (Å²) < 4.78 is 7.70. The summed E-state index contributed by atoms with van der Waals surface area (Å²) in [5, 5.41) is 0. The minimum Gasteiger partial charge on any atom is -0.373 e. The number of Topliss-reactive ketones (excluding diaryl/α,β-unsaturated/α-hetero) is 1. The van der Waals surface area contributed by atoms with Gasteiger partial charge in [-0.2, -0.15) is 0 Å². The van der Waals surface area contributed by atoms with Crippen molar-refractivity contribution in [1.29, 1.82) is 0 Å². The van der Waals surface area contributed by atoms with Crippen molar-refractivity contribution in [2.45, 2.75) is 54.0 Å². The molecule has 1 atom stereocenters. The first-order valence-electron chi connectivity index (χ1n) is 7.28. The van der Waals surface area contributed by atoms with Crippen LogP contribution in [-0.2, 0) is 11.3 Å². The molecule has 0 aromatic carbocycles. The van der Waals surface area contributed by atoms with Crippen LogP contribution in [0.5, 0.6) is 0 Å². The molecule has 0 saturated heterocycles. The van der Waals surface area contributed by atoms with Crippen molar-refractivity contribution in [3.63, 3.8) is 0 Å². The first-order chi connectivity index (χ1) is 9.01. The van der Waals surface area contributed by atoms with Gasteiger partial charge in [-0.25, -0.2) is 0 Å². The smallest absolute Gasteiger partial charge is 0.190 e. The minimum absolute atomic E-state index is 0.0940. The fraction of sp³-hybridized carbons (Fsp3) is 0.688. The molecular weight excluding hydrogens is 238 g/mol. The van der Waals surface area contributed by atoms with E-state index >= 15 is 0 Å². The van der Waals surface area contributed by atoms with E-state index in [4.69, 9.17) is 4.74 Å². The third-order valence-electron chi connectivity index (χ3n) is 3.61. The van der Waals surface area contributed by atoms with Gasteiger partial charge in [0.05, 0.1) is 0 Å². The van der Waals surface area contributed by atoms with Crippen LogP contribution in [0.3, 0.4) is 0 Å². The molecule has 0 amide bonds. The van der Waals surface area contributed by atoms with Gasteiger partial charge in [0.15, 0.2) is 5.78 Å². The Bertz CT molecular complexity index is 421. The molecule has 108 valence electrons. The number of hydrogen-bond donors (Lipinski definition) is 0. The number of carbonyl (C=O) groups is 1. The average molecular weight is 265 g/mol. The van der Waals surface area contributed by atoms with Gasteiger partial charge >= 0.3 is 0 Å². The molecule has 0 aliphatic carbocycles. The van der Waals surface area contributed by atoms with Crippen molar-refractivity contribution in [2.24, 2.45) is 5.92 Å². The first-order valence-corrected chi connectivity index (χ1v) is 7.28. The van der Waals surface area contributed by atoms with Gasteiger partial charge in [0.1, 0.15) is 6.61 Å². The molecule has 1 unspecified atom stereocenters. The molecule has 0 aliphatic rings. The van der Waals surface area contributed by atoms with Crippen LogP contribution in [0, 0.1) is 19.8 Å². The Balaban J connectivity index is 2.55. The molecule has 0 bridgehead atoms. The highest BCUT2D eigenvalue weighted by Gasteiger charge is 2.15. The van der Waals surface area contributed by atoms with Crippen molar-refractivity contribution >= 4 is 5.78 Å². The lowest BCUT2D eigenvalue weighted by Crippen LogP contribution is -2.14. The molecule has 3 nitrogen and oxygen atoms in total. The number of hydrogen-bond acceptors (Lipinski definition) is 2. The highest BCUT2D eigenvalue weighted by Crippen LogP contribution is 2.16. The molecule has 0 spiro atoms. The van der Waals surface area contributed by atoms with Gasteiger partial charge in [-0.05, 0) is 39.2 Å². The monoisotopic (exact) mass is 265 g/mol. The third kappa shape index (κ3) is 4.20. The van der Waals surface area contributed by atoms with Crippen molar-refractivity contribution in [1.82, 2.24) is 4.57 Å². The Morgan fingerprint density at radius 1 is 1.37 bits per heavy atom. The average Bonchev–Trinajstić information content (AvgIpc) is 2.64. The summed E-state index contributed by atoms with van der Waals surface area (Å²) in [6.45, 7) is 12.2. The maximum Gasteiger partial charge on any atom is 0.190 e. The summed E-state index contributed by atoms with van der Waals surface area (Å²) in [6, 6.07) is 1.97. The van der Waals surface area contributed by atoms with E-state index in [0.29, 0.717) is 12.5 Å². The summed E-state index contributed by atoms with van der Waals surface area (Å²) in [7, 11) is 0. The summed E-state index contributed by atoms with van der Waals surface area (Å²) in [4.78, 5) is 12.1. The van der Waals surface area contributed by atoms with Crippen LogP contribution in [0.2, 0.25) is 0 Å². The van der Waals surface area contributed by atoms with Crippen molar-refractivity contribution in [3.8, 4) is 0 Å². The number of nitrogens with zero attached hydrogens (tertiary/aromatic N) is 1. The zero-order chi connectivity index (χ0) is 14.4. The largest absolute Gasteiger partial charge is 0.373 e. The molecule has 0 N–H and O–H groups in total. The quantitative estimate of drug-likeness (QED) is 0.670. The molecule has 19 heavy (non-hydrogen) atoms. The van der Waals surface area contributed by atoms with E-state index in [9.17, 15) is 4.79 Å². The molecule has 1 rings (SSSR count). The van der Waals surface area contributed by atoms with E-state index in [1.54, 1.807) is 0 Å². The number of rotatable bonds is 8. The first kappa shape index (κ1) is 16.0. The van der Waals surface area contributed by atoms with Crippen LogP contribution >= 0.6 is 0 Å². The molecule has 0 fully saturated rings. The number of carbonyl (C=O) groups excluding carboxylic acids is 1. The summed E-state index contributed by atoms with van der Waals surface area (Å²) >= 11 is 0. The number of ketones is 1. The highest BCUT2D eigenvalue weighted by atomic mass is 16.5. The maximum absolute atomic E-state index is 12.1. The lowest BCUT2D eigenvalue weighted by atomic mass is 10.1. The van der Waals surface area contributed by atoms with Crippen LogP contribution in [0.1, 0.15) is 55.4 Å². The topological polar surface area (TPSA) is 31.2 Å². The van der Waals surface area contributed by atoms with E-state index < -0.39 is 0 Å². The lowest BCUT2D eigenvalue weighted by Gasteiger charge is -2.10. The standard InChI is InChI=1S/C16H27NO2/c1-6-8-12(3)10-19-11-16(18)15-9-13(4)17(7-2)14(15)5/h9,12H,6-8,10-11H2,1-5H3. The van der Waals surface area contributed by atoms with E-state index in [1.165, 1.54) is 0 Å². The SMILES string of the molecule is CCCC(C)COCC(=O)c1cc(C)n(CC)c1C. The highest BCUT2D eigenvalue weighted by molar-refractivity contribution is 5.98. The Morgan fingerprint density at radius 2 is 2.05 bits per heavy atom. The van der Waals surface area contributed by atoms with Gasteiger partial charge in [-0.3, -0.25) is 4.79 Å². The Labute approximate surface area is 117 Å². The molecule has 0 radical (unpaired) electrons. The predicted octanol–water partition coefficient (Wildman–Crippen LogP) is 3.76. The fourth-order valence-corrected chi connectivity index (χ4v) is 2.58. The predicted molar refractivity (Wildman–Crippen MR) is 78.8 cm³/mol. The molecular formula is C16H27NO2. The van der Waals surface area contributed by atoms with Crippen molar-refractivity contribution in [2.75, 3.05) is 13.2 Å².